The zero-order valence-electron chi connectivity index (χ0n) is 22.0. The molecule has 0 radical (unpaired) electrons. The molecule has 0 spiro atoms. The molecule has 3 atom stereocenters. The van der Waals surface area contributed by atoms with Gasteiger partial charge in [0.05, 0.1) is 23.7 Å². The van der Waals surface area contributed by atoms with Crippen LogP contribution in [0.3, 0.4) is 0 Å². The Kier molecular flexibility index (Phi) is 7.23. The second kappa shape index (κ2) is 10.8. The lowest BCUT2D eigenvalue weighted by Gasteiger charge is -2.30. The average molecular weight is 606 g/mol. The molecule has 1 aromatic heterocycles. The molecule has 41 heavy (non-hydrogen) atoms. The van der Waals surface area contributed by atoms with Gasteiger partial charge in [-0.3, -0.25) is 23.7 Å². The van der Waals surface area contributed by atoms with E-state index in [-0.39, 0.29) is 29.1 Å². The number of nitrogens with zero attached hydrogens (tertiary/aromatic N) is 2. The molecule has 8 nitrogen and oxygen atoms in total. The van der Waals surface area contributed by atoms with Crippen LogP contribution in [0.1, 0.15) is 21.9 Å². The van der Waals surface area contributed by atoms with Crippen molar-refractivity contribution in [3.63, 3.8) is 0 Å². The van der Waals surface area contributed by atoms with Gasteiger partial charge in [-0.2, -0.15) is 0 Å². The number of rotatable bonds is 6. The van der Waals surface area contributed by atoms with Crippen LogP contribution in [-0.2, 0) is 20.9 Å². The van der Waals surface area contributed by atoms with Crippen LogP contribution in [-0.4, -0.2) is 34.6 Å². The van der Waals surface area contributed by atoms with Gasteiger partial charge in [0, 0.05) is 21.5 Å². The molecule has 208 valence electrons. The summed E-state index contributed by atoms with van der Waals surface area (Å²) in [6.45, 7) is 1.70. The van der Waals surface area contributed by atoms with Crippen molar-refractivity contribution in [3.8, 4) is 5.75 Å². The van der Waals surface area contributed by atoms with Crippen molar-refractivity contribution in [2.75, 3.05) is 17.3 Å². The van der Waals surface area contributed by atoms with E-state index in [9.17, 15) is 19.2 Å². The standard InChI is InChI=1S/C30H24ClN3O5S2/c1-16-4-3-5-19(14-16)32-22(35)15-33-29-26(41-30(33)38)23(17-6-12-21(39-2)13-7-17)24-25(40-29)28(37)34(27(24)36)20-10-8-18(31)9-11-20/h3-14,23-25H,15H2,1-2H3,(H,32,35)/t23-,24?,25?/m1/s1. The molecular weight excluding hydrogens is 582 g/mol. The van der Waals surface area contributed by atoms with Gasteiger partial charge in [0.2, 0.25) is 17.7 Å². The molecule has 4 aromatic rings. The number of thiazole rings is 1. The van der Waals surface area contributed by atoms with Crippen molar-refractivity contribution in [2.24, 2.45) is 5.92 Å². The maximum Gasteiger partial charge on any atom is 0.308 e. The number of hydrogen-bond donors (Lipinski definition) is 1. The SMILES string of the molecule is COc1ccc([C@H]2c3sc(=O)n(CC(=O)Nc4cccc(C)c4)c3SC3C(=O)N(c4ccc(Cl)cc4)C(=O)C32)cc1. The highest BCUT2D eigenvalue weighted by Crippen LogP contribution is 2.54. The van der Waals surface area contributed by atoms with Gasteiger partial charge < -0.3 is 10.1 Å². The Morgan fingerprint density at radius 2 is 1.73 bits per heavy atom. The van der Waals surface area contributed by atoms with E-state index in [0.717, 1.165) is 22.5 Å². The van der Waals surface area contributed by atoms with Crippen molar-refractivity contribution in [2.45, 2.75) is 29.7 Å². The maximum absolute atomic E-state index is 13.9. The molecule has 1 saturated heterocycles. The number of aromatic nitrogens is 1. The monoisotopic (exact) mass is 605 g/mol. The summed E-state index contributed by atoms with van der Waals surface area (Å²) < 4.78 is 6.73. The Balaban J connectivity index is 1.41. The zero-order valence-corrected chi connectivity index (χ0v) is 24.4. The third-order valence-corrected chi connectivity index (χ3v) is 10.1. The molecule has 6 rings (SSSR count). The summed E-state index contributed by atoms with van der Waals surface area (Å²) in [4.78, 5) is 55.6. The van der Waals surface area contributed by atoms with Crippen LogP contribution in [0.5, 0.6) is 5.75 Å². The fourth-order valence-corrected chi connectivity index (χ4v) is 8.24. The summed E-state index contributed by atoms with van der Waals surface area (Å²) in [5, 5.41) is 3.09. The highest BCUT2D eigenvalue weighted by atomic mass is 35.5. The molecule has 0 saturated carbocycles. The summed E-state index contributed by atoms with van der Waals surface area (Å²) >= 11 is 8.24. The third-order valence-electron chi connectivity index (χ3n) is 7.21. The van der Waals surface area contributed by atoms with Crippen LogP contribution in [0.15, 0.2) is 82.6 Å². The van der Waals surface area contributed by atoms with Gasteiger partial charge in [-0.25, -0.2) is 4.90 Å². The summed E-state index contributed by atoms with van der Waals surface area (Å²) in [5.41, 5.74) is 2.84. The number of carbonyl (C=O) groups is 3. The summed E-state index contributed by atoms with van der Waals surface area (Å²) in [6, 6.07) is 21.2. The van der Waals surface area contributed by atoms with Crippen molar-refractivity contribution >= 4 is 63.8 Å². The summed E-state index contributed by atoms with van der Waals surface area (Å²) in [6.07, 6.45) is 0. The van der Waals surface area contributed by atoms with Gasteiger partial charge in [0.15, 0.2) is 0 Å². The van der Waals surface area contributed by atoms with E-state index in [1.54, 1.807) is 49.6 Å². The number of carbonyl (C=O) groups excluding carboxylic acids is 3. The predicted molar refractivity (Wildman–Crippen MR) is 160 cm³/mol. The Bertz CT molecular complexity index is 1730. The number of benzene rings is 3. The number of nitrogens with one attached hydrogen (secondary N) is 1. The predicted octanol–water partition coefficient (Wildman–Crippen LogP) is 5.31. The molecule has 3 amide bonds. The largest absolute Gasteiger partial charge is 0.497 e. The molecule has 0 bridgehead atoms. The van der Waals surface area contributed by atoms with Crippen LogP contribution in [0, 0.1) is 12.8 Å². The van der Waals surface area contributed by atoms with E-state index in [0.29, 0.717) is 32.1 Å². The van der Waals surface area contributed by atoms with Crippen LogP contribution in [0.25, 0.3) is 0 Å². The van der Waals surface area contributed by atoms with E-state index >= 15 is 0 Å². The normalized spacial score (nSPS) is 19.6. The first-order chi connectivity index (χ1) is 19.7. The topological polar surface area (TPSA) is 97.7 Å². The van der Waals surface area contributed by atoms with E-state index < -0.39 is 17.1 Å². The van der Waals surface area contributed by atoms with Crippen molar-refractivity contribution < 1.29 is 19.1 Å². The number of hydrogen-bond acceptors (Lipinski definition) is 7. The van der Waals surface area contributed by atoms with Crippen molar-refractivity contribution in [3.05, 3.63) is 103 Å². The van der Waals surface area contributed by atoms with Gasteiger partial charge in [0.1, 0.15) is 17.5 Å². The van der Waals surface area contributed by atoms with Gasteiger partial charge in [-0.1, -0.05) is 59.0 Å². The molecule has 2 aliphatic rings. The number of amides is 3. The minimum atomic E-state index is -0.780. The molecular formula is C30H24ClN3O5S2. The first kappa shape index (κ1) is 27.3. The molecule has 2 unspecified atom stereocenters. The van der Waals surface area contributed by atoms with Gasteiger partial charge >= 0.3 is 4.87 Å². The maximum atomic E-state index is 13.9. The lowest BCUT2D eigenvalue weighted by atomic mass is 9.83. The fourth-order valence-electron chi connectivity index (χ4n) is 5.34. The highest BCUT2D eigenvalue weighted by molar-refractivity contribution is 8.00. The minimum Gasteiger partial charge on any atom is -0.497 e. The second-order valence-corrected chi connectivity index (χ2v) is 12.4. The van der Waals surface area contributed by atoms with Gasteiger partial charge in [-0.15, -0.1) is 0 Å². The third kappa shape index (κ3) is 4.96. The Labute approximate surface area is 248 Å². The summed E-state index contributed by atoms with van der Waals surface area (Å²) in [7, 11) is 1.57. The number of methoxy groups -OCH3 is 1. The minimum absolute atomic E-state index is 0.221. The average Bonchev–Trinajstić information content (AvgIpc) is 3.40. The number of anilines is 2. The van der Waals surface area contributed by atoms with Crippen LogP contribution >= 0.6 is 34.7 Å². The van der Waals surface area contributed by atoms with E-state index in [4.69, 9.17) is 16.3 Å². The Morgan fingerprint density at radius 1 is 1.00 bits per heavy atom. The lowest BCUT2D eigenvalue weighted by molar-refractivity contribution is -0.122. The quantitative estimate of drug-likeness (QED) is 0.299. The number of fused-ring (bicyclic) bond motifs is 2. The van der Waals surface area contributed by atoms with Gasteiger partial charge in [0.25, 0.3) is 0 Å². The van der Waals surface area contributed by atoms with E-state index in [2.05, 4.69) is 5.32 Å². The molecule has 3 heterocycles. The first-order valence-electron chi connectivity index (χ1n) is 12.8. The van der Waals surface area contributed by atoms with Crippen molar-refractivity contribution in [1.82, 2.24) is 4.57 Å². The van der Waals surface area contributed by atoms with Crippen molar-refractivity contribution in [1.29, 1.82) is 0 Å². The smallest absolute Gasteiger partial charge is 0.308 e. The summed E-state index contributed by atoms with van der Waals surface area (Å²) in [5.74, 6) is -1.73. The lowest BCUT2D eigenvalue weighted by Crippen LogP contribution is -2.33. The fraction of sp³-hybridized carbons (Fsp3) is 0.200. The second-order valence-electron chi connectivity index (χ2n) is 9.84. The van der Waals surface area contributed by atoms with Crippen LogP contribution in [0.2, 0.25) is 5.02 Å². The van der Waals surface area contributed by atoms with E-state index in [1.165, 1.54) is 21.2 Å². The number of halogens is 1. The number of thioether (sulfide) groups is 1. The number of aryl methyl sites for hydroxylation is 1. The molecule has 0 aliphatic carbocycles. The first-order valence-corrected chi connectivity index (χ1v) is 14.9. The Hall–Kier alpha value is -3.86. The van der Waals surface area contributed by atoms with Crippen LogP contribution < -0.4 is 19.8 Å². The molecule has 3 aromatic carbocycles. The molecule has 11 heteroatoms. The highest BCUT2D eigenvalue weighted by Gasteiger charge is 2.56. The zero-order chi connectivity index (χ0) is 28.8. The molecule has 2 aliphatic heterocycles. The molecule has 1 N–H and O–H groups in total. The van der Waals surface area contributed by atoms with E-state index in [1.807, 2.05) is 37.3 Å². The van der Waals surface area contributed by atoms with Crippen LogP contribution in [0.4, 0.5) is 11.4 Å². The number of imide groups is 1. The van der Waals surface area contributed by atoms with Gasteiger partial charge in [-0.05, 0) is 66.6 Å². The number of ether oxygens (including phenoxy) is 1. The Morgan fingerprint density at radius 3 is 2.41 bits per heavy atom. The molecule has 1 fully saturated rings.